The minimum atomic E-state index is -0.734. The zero-order valence-corrected chi connectivity index (χ0v) is 13.1. The molecule has 1 aromatic rings. The predicted molar refractivity (Wildman–Crippen MR) is 82.8 cm³/mol. The van der Waals surface area contributed by atoms with E-state index in [1.807, 2.05) is 31.2 Å². The van der Waals surface area contributed by atoms with Crippen molar-refractivity contribution in [3.8, 4) is 6.07 Å². The number of benzene rings is 1. The first-order valence-corrected chi connectivity index (χ1v) is 7.53. The van der Waals surface area contributed by atoms with Crippen molar-refractivity contribution in [2.75, 3.05) is 6.54 Å². The van der Waals surface area contributed by atoms with Crippen molar-refractivity contribution in [3.63, 3.8) is 0 Å². The molecule has 0 aliphatic heterocycles. The molecule has 2 rings (SSSR count). The van der Waals surface area contributed by atoms with Gasteiger partial charge in [0.1, 0.15) is 5.54 Å². The molecule has 0 radical (unpaired) electrons. The number of amides is 1. The molecule has 1 saturated carbocycles. The molecule has 0 unspecified atom stereocenters. The zero-order valence-electron chi connectivity index (χ0n) is 12.3. The van der Waals surface area contributed by atoms with E-state index in [1.54, 1.807) is 6.92 Å². The van der Waals surface area contributed by atoms with Crippen LogP contribution in [0.2, 0.25) is 5.02 Å². The summed E-state index contributed by atoms with van der Waals surface area (Å²) in [6, 6.07) is 9.79. The Morgan fingerprint density at radius 1 is 1.48 bits per heavy atom. The Labute approximate surface area is 130 Å². The average molecular weight is 306 g/mol. The normalized spacial score (nSPS) is 18.4. The molecule has 2 N–H and O–H groups in total. The second-order valence-electron chi connectivity index (χ2n) is 5.79. The first-order valence-electron chi connectivity index (χ1n) is 7.16. The summed E-state index contributed by atoms with van der Waals surface area (Å²) in [4.78, 5) is 12.0. The summed E-state index contributed by atoms with van der Waals surface area (Å²) < 4.78 is 0. The van der Waals surface area contributed by atoms with Gasteiger partial charge >= 0.3 is 0 Å². The molecule has 5 heteroatoms. The maximum absolute atomic E-state index is 12.0. The fourth-order valence-corrected chi connectivity index (χ4v) is 2.46. The number of hydrogen-bond acceptors (Lipinski definition) is 3. The molecule has 1 aliphatic rings. The number of nitrogens with one attached hydrogen (secondary N) is 2. The first-order chi connectivity index (χ1) is 9.94. The number of halogens is 1. The Morgan fingerprint density at radius 2 is 2.10 bits per heavy atom. The molecular weight excluding hydrogens is 286 g/mol. The SMILES string of the molecule is C[C@H](NCC(=O)N[C@](C)(C#N)C1CC1)c1ccc(Cl)cc1. The van der Waals surface area contributed by atoms with Crippen LogP contribution in [0, 0.1) is 17.2 Å². The molecule has 1 fully saturated rings. The van der Waals surface area contributed by atoms with Crippen molar-refractivity contribution in [3.05, 3.63) is 34.9 Å². The van der Waals surface area contributed by atoms with Crippen LogP contribution in [0.25, 0.3) is 0 Å². The van der Waals surface area contributed by atoms with E-state index < -0.39 is 5.54 Å². The average Bonchev–Trinajstić information content (AvgIpc) is 3.30. The molecule has 0 heterocycles. The highest BCUT2D eigenvalue weighted by atomic mass is 35.5. The van der Waals surface area contributed by atoms with E-state index in [0.717, 1.165) is 18.4 Å². The summed E-state index contributed by atoms with van der Waals surface area (Å²) in [5, 5.41) is 15.9. The van der Waals surface area contributed by atoms with Crippen LogP contribution in [0.5, 0.6) is 0 Å². The molecule has 0 spiro atoms. The second kappa shape index (κ2) is 6.46. The van der Waals surface area contributed by atoms with Crippen LogP contribution >= 0.6 is 11.6 Å². The van der Waals surface area contributed by atoms with E-state index in [9.17, 15) is 10.1 Å². The molecule has 0 bridgehead atoms. The Morgan fingerprint density at radius 3 is 2.62 bits per heavy atom. The lowest BCUT2D eigenvalue weighted by Crippen LogP contribution is -2.49. The van der Waals surface area contributed by atoms with Crippen molar-refractivity contribution in [2.24, 2.45) is 5.92 Å². The Hall–Kier alpha value is -1.57. The summed E-state index contributed by atoms with van der Waals surface area (Å²) >= 11 is 5.85. The van der Waals surface area contributed by atoms with E-state index in [1.165, 1.54) is 0 Å². The maximum Gasteiger partial charge on any atom is 0.235 e. The largest absolute Gasteiger partial charge is 0.337 e. The van der Waals surface area contributed by atoms with Gasteiger partial charge in [-0.3, -0.25) is 4.79 Å². The predicted octanol–water partition coefficient (Wildman–Crippen LogP) is 2.80. The summed E-state index contributed by atoms with van der Waals surface area (Å²) in [5.41, 5.74) is 0.333. The third-order valence-electron chi connectivity index (χ3n) is 3.96. The number of nitriles is 1. The van der Waals surface area contributed by atoms with Gasteiger partial charge in [0.15, 0.2) is 0 Å². The lowest BCUT2D eigenvalue weighted by atomic mass is 9.98. The summed E-state index contributed by atoms with van der Waals surface area (Å²) in [7, 11) is 0. The highest BCUT2D eigenvalue weighted by Crippen LogP contribution is 2.39. The van der Waals surface area contributed by atoms with Crippen LogP contribution in [0.15, 0.2) is 24.3 Å². The van der Waals surface area contributed by atoms with Gasteiger partial charge in [-0.15, -0.1) is 0 Å². The maximum atomic E-state index is 12.0. The molecule has 1 aromatic carbocycles. The number of carbonyl (C=O) groups excluding carboxylic acids is 1. The van der Waals surface area contributed by atoms with Gasteiger partial charge in [0.05, 0.1) is 12.6 Å². The quantitative estimate of drug-likeness (QED) is 0.849. The monoisotopic (exact) mass is 305 g/mol. The van der Waals surface area contributed by atoms with Gasteiger partial charge in [0.25, 0.3) is 0 Å². The van der Waals surface area contributed by atoms with Crippen LogP contribution in [0.4, 0.5) is 0 Å². The molecule has 21 heavy (non-hydrogen) atoms. The highest BCUT2D eigenvalue weighted by molar-refractivity contribution is 6.30. The Kier molecular flexibility index (Phi) is 4.87. The van der Waals surface area contributed by atoms with Gasteiger partial charge in [-0.1, -0.05) is 23.7 Å². The standard InChI is InChI=1S/C16H20ClN3O/c1-11(12-3-7-14(17)8-4-12)19-9-15(21)20-16(2,10-18)13-5-6-13/h3-4,7-8,11,13,19H,5-6,9H2,1-2H3,(H,20,21)/t11-,16+/m0/s1. The van der Waals surface area contributed by atoms with E-state index in [0.29, 0.717) is 10.9 Å². The molecule has 0 aromatic heterocycles. The molecule has 1 amide bonds. The molecule has 0 saturated heterocycles. The highest BCUT2D eigenvalue weighted by Gasteiger charge is 2.42. The molecule has 1 aliphatic carbocycles. The van der Waals surface area contributed by atoms with E-state index >= 15 is 0 Å². The molecular formula is C16H20ClN3O. The van der Waals surface area contributed by atoms with Crippen molar-refractivity contribution in [2.45, 2.75) is 38.3 Å². The molecule has 4 nitrogen and oxygen atoms in total. The molecule has 112 valence electrons. The third-order valence-corrected chi connectivity index (χ3v) is 4.22. The van der Waals surface area contributed by atoms with E-state index in [2.05, 4.69) is 16.7 Å². The zero-order chi connectivity index (χ0) is 15.5. The van der Waals surface area contributed by atoms with Crippen molar-refractivity contribution < 1.29 is 4.79 Å². The number of carbonyl (C=O) groups is 1. The third kappa shape index (κ3) is 4.20. The summed E-state index contributed by atoms with van der Waals surface area (Å²) in [6.45, 7) is 3.97. The fourth-order valence-electron chi connectivity index (χ4n) is 2.33. The lowest BCUT2D eigenvalue weighted by molar-refractivity contribution is -0.121. The van der Waals surface area contributed by atoms with Crippen LogP contribution < -0.4 is 10.6 Å². The number of hydrogen-bond donors (Lipinski definition) is 2. The van der Waals surface area contributed by atoms with Gasteiger partial charge in [-0.25, -0.2) is 0 Å². The van der Waals surface area contributed by atoms with Crippen LogP contribution in [-0.4, -0.2) is 18.0 Å². The van der Waals surface area contributed by atoms with Crippen molar-refractivity contribution >= 4 is 17.5 Å². The van der Waals surface area contributed by atoms with Crippen LogP contribution in [-0.2, 0) is 4.79 Å². The lowest BCUT2D eigenvalue weighted by Gasteiger charge is -2.23. The summed E-state index contributed by atoms with van der Waals surface area (Å²) in [6.07, 6.45) is 2.03. The van der Waals surface area contributed by atoms with Gasteiger partial charge in [-0.2, -0.15) is 5.26 Å². The van der Waals surface area contributed by atoms with Crippen LogP contribution in [0.3, 0.4) is 0 Å². The second-order valence-corrected chi connectivity index (χ2v) is 6.23. The fraction of sp³-hybridized carbons (Fsp3) is 0.500. The van der Waals surface area contributed by atoms with Gasteiger partial charge in [0, 0.05) is 11.1 Å². The van der Waals surface area contributed by atoms with Gasteiger partial charge in [0.2, 0.25) is 5.91 Å². The number of rotatable bonds is 6. The van der Waals surface area contributed by atoms with Crippen LogP contribution in [0.1, 0.15) is 38.3 Å². The van der Waals surface area contributed by atoms with Gasteiger partial charge in [-0.05, 0) is 50.3 Å². The minimum Gasteiger partial charge on any atom is -0.337 e. The smallest absolute Gasteiger partial charge is 0.235 e. The topological polar surface area (TPSA) is 64.9 Å². The molecule has 2 atom stereocenters. The Balaban J connectivity index is 1.83. The van der Waals surface area contributed by atoms with Crippen molar-refractivity contribution in [1.29, 1.82) is 5.26 Å². The van der Waals surface area contributed by atoms with E-state index in [4.69, 9.17) is 11.6 Å². The minimum absolute atomic E-state index is 0.0438. The Bertz CT molecular complexity index is 548. The van der Waals surface area contributed by atoms with Crippen molar-refractivity contribution in [1.82, 2.24) is 10.6 Å². The first kappa shape index (κ1) is 15.8. The van der Waals surface area contributed by atoms with Gasteiger partial charge < -0.3 is 10.6 Å². The summed E-state index contributed by atoms with van der Waals surface area (Å²) in [5.74, 6) is 0.145. The van der Waals surface area contributed by atoms with E-state index in [-0.39, 0.29) is 18.5 Å². The number of nitrogens with zero attached hydrogens (tertiary/aromatic N) is 1.